The highest BCUT2D eigenvalue weighted by molar-refractivity contribution is 7.89. The number of allylic oxidation sites excluding steroid dienone is 2. The molecule has 2 unspecified atom stereocenters. The smallest absolute Gasteiger partial charge is 0.380 e. The summed E-state index contributed by atoms with van der Waals surface area (Å²) >= 11 is 0. The van der Waals surface area contributed by atoms with Crippen LogP contribution >= 0.6 is 0 Å². The summed E-state index contributed by atoms with van der Waals surface area (Å²) in [6, 6.07) is 7.62. The molecule has 0 heterocycles. The molecule has 0 fully saturated rings. The predicted molar refractivity (Wildman–Crippen MR) is 78.8 cm³/mol. The number of hydrogen-bond donors (Lipinski definition) is 2. The monoisotopic (exact) mass is 347 g/mol. The highest BCUT2D eigenvalue weighted by atomic mass is 32.2. The molecule has 8 heteroatoms. The summed E-state index contributed by atoms with van der Waals surface area (Å²) in [5.41, 5.74) is -2.70. The van der Waals surface area contributed by atoms with Crippen molar-refractivity contribution in [3.05, 3.63) is 54.3 Å². The van der Waals surface area contributed by atoms with Crippen molar-refractivity contribution in [1.82, 2.24) is 4.72 Å². The zero-order chi connectivity index (χ0) is 17.3. The first-order valence-electron chi connectivity index (χ1n) is 6.79. The van der Waals surface area contributed by atoms with E-state index in [-0.39, 0.29) is 17.0 Å². The molecule has 0 amide bonds. The van der Waals surface area contributed by atoms with Gasteiger partial charge in [-0.1, -0.05) is 30.4 Å². The quantitative estimate of drug-likeness (QED) is 0.880. The van der Waals surface area contributed by atoms with Gasteiger partial charge in [-0.2, -0.15) is 13.2 Å². The second-order valence-electron chi connectivity index (χ2n) is 5.42. The van der Waals surface area contributed by atoms with Crippen molar-refractivity contribution >= 4 is 10.0 Å². The van der Waals surface area contributed by atoms with Crippen LogP contribution in [-0.4, -0.2) is 25.3 Å². The Labute approximate surface area is 132 Å². The molecule has 0 aliphatic heterocycles. The van der Waals surface area contributed by atoms with Gasteiger partial charge in [0.15, 0.2) is 5.60 Å². The largest absolute Gasteiger partial charge is 0.417 e. The van der Waals surface area contributed by atoms with Gasteiger partial charge in [0.25, 0.3) is 10.0 Å². The molecular weight excluding hydrogens is 331 g/mol. The fourth-order valence-electron chi connectivity index (χ4n) is 2.14. The molecule has 0 saturated heterocycles. The van der Waals surface area contributed by atoms with Crippen molar-refractivity contribution in [3.8, 4) is 0 Å². The molecule has 0 spiro atoms. The molecule has 0 aromatic heterocycles. The topological polar surface area (TPSA) is 66.4 Å². The van der Waals surface area contributed by atoms with E-state index in [0.717, 1.165) is 6.08 Å². The second kappa shape index (κ2) is 6.01. The average molecular weight is 347 g/mol. The summed E-state index contributed by atoms with van der Waals surface area (Å²) in [6.45, 7) is 0.703. The first-order chi connectivity index (χ1) is 10.5. The highest BCUT2D eigenvalue weighted by Crippen LogP contribution is 2.39. The van der Waals surface area contributed by atoms with Crippen LogP contribution in [-0.2, 0) is 10.0 Å². The van der Waals surface area contributed by atoms with Gasteiger partial charge < -0.3 is 5.11 Å². The van der Waals surface area contributed by atoms with E-state index in [0.29, 0.717) is 6.92 Å². The molecule has 1 aliphatic rings. The van der Waals surface area contributed by atoms with Crippen molar-refractivity contribution < 1.29 is 26.7 Å². The number of hydrogen-bond acceptors (Lipinski definition) is 3. The second-order valence-corrected chi connectivity index (χ2v) is 7.11. The maximum atomic E-state index is 12.8. The fourth-order valence-corrected chi connectivity index (χ4v) is 3.23. The summed E-state index contributed by atoms with van der Waals surface area (Å²) in [4.78, 5) is 0.0544. The minimum atomic E-state index is -4.77. The van der Waals surface area contributed by atoms with E-state index < -0.39 is 27.7 Å². The van der Waals surface area contributed by atoms with E-state index in [1.54, 1.807) is 18.2 Å². The van der Waals surface area contributed by atoms with Crippen LogP contribution in [0, 0.1) is 5.92 Å². The maximum absolute atomic E-state index is 12.8. The van der Waals surface area contributed by atoms with Gasteiger partial charge in [0.05, 0.1) is 4.90 Å². The first kappa shape index (κ1) is 17.6. The Kier molecular flexibility index (Phi) is 4.59. The van der Waals surface area contributed by atoms with Crippen molar-refractivity contribution in [2.45, 2.75) is 30.0 Å². The molecule has 1 aromatic rings. The Morgan fingerprint density at radius 2 is 1.83 bits per heavy atom. The number of benzene rings is 1. The highest BCUT2D eigenvalue weighted by Gasteiger charge is 2.53. The zero-order valence-corrected chi connectivity index (χ0v) is 13.0. The number of halogens is 3. The van der Waals surface area contributed by atoms with E-state index in [9.17, 15) is 26.7 Å². The molecule has 1 aliphatic carbocycles. The van der Waals surface area contributed by atoms with Gasteiger partial charge >= 0.3 is 6.18 Å². The number of nitrogens with one attached hydrogen (secondary N) is 1. The number of sulfonamides is 1. The van der Waals surface area contributed by atoms with E-state index >= 15 is 0 Å². The molecule has 2 rings (SSSR count). The Morgan fingerprint density at radius 1 is 1.22 bits per heavy atom. The van der Waals surface area contributed by atoms with Gasteiger partial charge in [0.1, 0.15) is 0 Å². The third kappa shape index (κ3) is 3.76. The van der Waals surface area contributed by atoms with Crippen LogP contribution in [0.4, 0.5) is 13.2 Å². The zero-order valence-electron chi connectivity index (χ0n) is 12.2. The van der Waals surface area contributed by atoms with Crippen LogP contribution in [0.3, 0.4) is 0 Å². The van der Waals surface area contributed by atoms with Gasteiger partial charge in [-0.3, -0.25) is 4.72 Å². The minimum Gasteiger partial charge on any atom is -0.380 e. The first-order valence-corrected chi connectivity index (χ1v) is 8.28. The van der Waals surface area contributed by atoms with Gasteiger partial charge in [0, 0.05) is 11.6 Å². The molecule has 2 N–H and O–H groups in total. The van der Waals surface area contributed by atoms with E-state index in [4.69, 9.17) is 0 Å². The van der Waals surface area contributed by atoms with Crippen LogP contribution in [0.15, 0.2) is 59.2 Å². The van der Waals surface area contributed by atoms with E-state index in [1.807, 2.05) is 0 Å². The summed E-state index contributed by atoms with van der Waals surface area (Å²) in [5.74, 6) is -1.17. The standard InChI is InChI=1S/C15H16F3NO3S/c1-14(20,15(16,17)18)11-7-9-12(10-8-11)19-23(21,22)13-5-3-2-4-6-13/h2-7,9-11,19-20H,8H2,1H3. The molecule has 0 bridgehead atoms. The van der Waals surface area contributed by atoms with Crippen molar-refractivity contribution in [2.24, 2.45) is 5.92 Å². The Morgan fingerprint density at radius 3 is 2.30 bits per heavy atom. The van der Waals surface area contributed by atoms with Gasteiger partial charge in [-0.05, 0) is 31.6 Å². The molecule has 4 nitrogen and oxygen atoms in total. The minimum absolute atomic E-state index is 0.0544. The predicted octanol–water partition coefficient (Wildman–Crippen LogP) is 2.74. The third-order valence-corrected chi connectivity index (χ3v) is 5.10. The Bertz CT molecular complexity index is 722. The van der Waals surface area contributed by atoms with Crippen molar-refractivity contribution in [1.29, 1.82) is 0 Å². The van der Waals surface area contributed by atoms with Crippen LogP contribution in [0.1, 0.15) is 13.3 Å². The molecule has 1 aromatic carbocycles. The molecule has 23 heavy (non-hydrogen) atoms. The number of aliphatic hydroxyl groups is 1. The lowest BCUT2D eigenvalue weighted by Gasteiger charge is -2.33. The van der Waals surface area contributed by atoms with E-state index in [2.05, 4.69) is 4.72 Å². The van der Waals surface area contributed by atoms with Crippen LogP contribution in [0.5, 0.6) is 0 Å². The normalized spacial score (nSPS) is 21.4. The van der Waals surface area contributed by atoms with Crippen molar-refractivity contribution in [3.63, 3.8) is 0 Å². The van der Waals surface area contributed by atoms with Gasteiger partial charge in [-0.15, -0.1) is 0 Å². The summed E-state index contributed by atoms with van der Waals surface area (Å²) < 4.78 is 64.9. The summed E-state index contributed by atoms with van der Waals surface area (Å²) in [6.07, 6.45) is -1.18. The molecular formula is C15H16F3NO3S. The lowest BCUT2D eigenvalue weighted by molar-refractivity contribution is -0.266. The lowest BCUT2D eigenvalue weighted by Crippen LogP contribution is -2.48. The molecule has 2 atom stereocenters. The Hall–Kier alpha value is -1.80. The molecule has 126 valence electrons. The van der Waals surface area contributed by atoms with Gasteiger partial charge in [0.2, 0.25) is 0 Å². The molecule has 0 radical (unpaired) electrons. The molecule has 0 saturated carbocycles. The number of rotatable bonds is 4. The van der Waals surface area contributed by atoms with Crippen LogP contribution in [0.2, 0.25) is 0 Å². The lowest BCUT2D eigenvalue weighted by atomic mass is 9.83. The Balaban J connectivity index is 2.11. The summed E-state index contributed by atoms with van der Waals surface area (Å²) in [7, 11) is -3.80. The fraction of sp³-hybridized carbons (Fsp3) is 0.333. The van der Waals surface area contributed by atoms with Crippen LogP contribution in [0.25, 0.3) is 0 Å². The van der Waals surface area contributed by atoms with Gasteiger partial charge in [-0.25, -0.2) is 8.42 Å². The number of alkyl halides is 3. The SMILES string of the molecule is CC(O)(C1C=CC(NS(=O)(=O)c2ccccc2)=CC1)C(F)(F)F. The van der Waals surface area contributed by atoms with E-state index in [1.165, 1.54) is 24.3 Å². The maximum Gasteiger partial charge on any atom is 0.417 e. The summed E-state index contributed by atoms with van der Waals surface area (Å²) in [5, 5.41) is 9.63. The van der Waals surface area contributed by atoms with Crippen LogP contribution < -0.4 is 4.72 Å². The third-order valence-electron chi connectivity index (χ3n) is 3.70. The van der Waals surface area contributed by atoms with Crippen molar-refractivity contribution in [2.75, 3.05) is 0 Å². The average Bonchev–Trinajstić information content (AvgIpc) is 2.47.